The molecule has 2 atom stereocenters. The number of amides is 2. The summed E-state index contributed by atoms with van der Waals surface area (Å²) in [4.78, 5) is 27.4. The van der Waals surface area contributed by atoms with Crippen molar-refractivity contribution in [2.45, 2.75) is 20.3 Å². The number of nitrogens with two attached hydrogens (primary N) is 1. The van der Waals surface area contributed by atoms with Gasteiger partial charge < -0.3 is 16.0 Å². The second-order valence-electron chi connectivity index (χ2n) is 7.28. The number of hydrogen-bond acceptors (Lipinski definition) is 3. The lowest BCUT2D eigenvalue weighted by molar-refractivity contribution is 0.0624. The van der Waals surface area contributed by atoms with Crippen LogP contribution in [0, 0.1) is 11.8 Å². The lowest BCUT2D eigenvalue weighted by atomic mass is 9.91. The molecule has 2 unspecified atom stereocenters. The lowest BCUT2D eigenvalue weighted by Gasteiger charge is -2.35. The smallest absolute Gasteiger partial charge is 0.255 e. The van der Waals surface area contributed by atoms with Gasteiger partial charge in [0, 0.05) is 24.3 Å². The Morgan fingerprint density at radius 3 is 2.27 bits per heavy atom. The van der Waals surface area contributed by atoms with Gasteiger partial charge in [0.05, 0.1) is 11.3 Å². The number of hydrogen-bond donors (Lipinski definition) is 2. The maximum Gasteiger partial charge on any atom is 0.255 e. The first kappa shape index (κ1) is 18.0. The van der Waals surface area contributed by atoms with Crippen molar-refractivity contribution in [3.8, 4) is 0 Å². The van der Waals surface area contributed by atoms with Crippen LogP contribution >= 0.6 is 0 Å². The minimum atomic E-state index is -0.259. The number of nitrogens with zero attached hydrogens (tertiary/aromatic N) is 1. The Labute approximate surface area is 154 Å². The van der Waals surface area contributed by atoms with Crippen molar-refractivity contribution >= 4 is 23.2 Å². The van der Waals surface area contributed by atoms with Crippen LogP contribution in [0.3, 0.4) is 0 Å². The molecule has 1 aliphatic heterocycles. The number of anilines is 2. The van der Waals surface area contributed by atoms with E-state index < -0.39 is 0 Å². The van der Waals surface area contributed by atoms with Crippen molar-refractivity contribution in [2.24, 2.45) is 11.8 Å². The normalized spacial score (nSPS) is 19.8. The average Bonchev–Trinajstić information content (AvgIpc) is 2.61. The van der Waals surface area contributed by atoms with E-state index in [1.54, 1.807) is 36.4 Å². The SMILES string of the molecule is CC1CC(C)CN(C(=O)c2ccccc2NC(=O)c2ccc(N)cc2)C1. The molecule has 0 radical (unpaired) electrons. The predicted octanol–water partition coefficient (Wildman–Crippen LogP) is 3.64. The van der Waals surface area contributed by atoms with Crippen LogP contribution in [0.4, 0.5) is 11.4 Å². The van der Waals surface area contributed by atoms with Crippen LogP contribution in [-0.4, -0.2) is 29.8 Å². The Hall–Kier alpha value is -2.82. The molecule has 2 aromatic carbocycles. The van der Waals surface area contributed by atoms with Gasteiger partial charge in [-0.2, -0.15) is 0 Å². The van der Waals surface area contributed by atoms with E-state index in [9.17, 15) is 9.59 Å². The quantitative estimate of drug-likeness (QED) is 0.829. The molecule has 1 fully saturated rings. The second kappa shape index (κ2) is 7.60. The molecular formula is C21H25N3O2. The summed E-state index contributed by atoms with van der Waals surface area (Å²) in [5, 5.41) is 2.86. The number of para-hydroxylation sites is 1. The van der Waals surface area contributed by atoms with Crippen molar-refractivity contribution in [2.75, 3.05) is 24.1 Å². The minimum Gasteiger partial charge on any atom is -0.399 e. The number of piperidine rings is 1. The van der Waals surface area contributed by atoms with Gasteiger partial charge in [-0.05, 0) is 54.7 Å². The fraction of sp³-hybridized carbons (Fsp3) is 0.333. The third kappa shape index (κ3) is 4.04. The highest BCUT2D eigenvalue weighted by Gasteiger charge is 2.27. The predicted molar refractivity (Wildman–Crippen MR) is 104 cm³/mol. The van der Waals surface area contributed by atoms with E-state index in [4.69, 9.17) is 5.73 Å². The Bertz CT molecular complexity index is 791. The summed E-state index contributed by atoms with van der Waals surface area (Å²) in [6.07, 6.45) is 1.14. The monoisotopic (exact) mass is 351 g/mol. The number of benzene rings is 2. The molecule has 0 saturated carbocycles. The Kier molecular flexibility index (Phi) is 5.26. The molecule has 2 aromatic rings. The molecule has 136 valence electrons. The van der Waals surface area contributed by atoms with Crippen LogP contribution in [0.5, 0.6) is 0 Å². The van der Waals surface area contributed by atoms with E-state index in [0.29, 0.717) is 34.3 Å². The zero-order valence-electron chi connectivity index (χ0n) is 15.2. The van der Waals surface area contributed by atoms with Gasteiger partial charge >= 0.3 is 0 Å². The van der Waals surface area contributed by atoms with Crippen molar-refractivity contribution in [1.29, 1.82) is 0 Å². The fourth-order valence-electron chi connectivity index (χ4n) is 3.61. The highest BCUT2D eigenvalue weighted by Crippen LogP contribution is 2.25. The molecule has 1 aliphatic rings. The molecule has 2 amide bonds. The van der Waals surface area contributed by atoms with Crippen LogP contribution in [0.25, 0.3) is 0 Å². The molecule has 0 bridgehead atoms. The van der Waals surface area contributed by atoms with Crippen LogP contribution < -0.4 is 11.1 Å². The largest absolute Gasteiger partial charge is 0.399 e. The molecule has 3 N–H and O–H groups in total. The summed E-state index contributed by atoms with van der Waals surface area (Å²) in [6, 6.07) is 13.9. The number of nitrogen functional groups attached to an aromatic ring is 1. The van der Waals surface area contributed by atoms with Crippen molar-refractivity contribution in [1.82, 2.24) is 4.90 Å². The van der Waals surface area contributed by atoms with Crippen LogP contribution in [0.2, 0.25) is 0 Å². The summed E-state index contributed by atoms with van der Waals surface area (Å²) in [5.74, 6) is 0.681. The summed E-state index contributed by atoms with van der Waals surface area (Å²) in [5.41, 5.74) is 7.83. The molecule has 5 nitrogen and oxygen atoms in total. The molecule has 1 saturated heterocycles. The average molecular weight is 351 g/mol. The number of carbonyl (C=O) groups is 2. The van der Waals surface area contributed by atoms with Crippen molar-refractivity contribution < 1.29 is 9.59 Å². The maximum atomic E-state index is 13.0. The lowest BCUT2D eigenvalue weighted by Crippen LogP contribution is -2.42. The third-order valence-electron chi connectivity index (χ3n) is 4.73. The molecule has 0 spiro atoms. The summed E-state index contributed by atoms with van der Waals surface area (Å²) >= 11 is 0. The van der Waals surface area contributed by atoms with Gasteiger partial charge in [-0.25, -0.2) is 0 Å². The zero-order valence-corrected chi connectivity index (χ0v) is 15.2. The summed E-state index contributed by atoms with van der Waals surface area (Å²) in [6.45, 7) is 5.85. The van der Waals surface area contributed by atoms with Crippen LogP contribution in [0.15, 0.2) is 48.5 Å². The van der Waals surface area contributed by atoms with E-state index in [0.717, 1.165) is 19.5 Å². The maximum absolute atomic E-state index is 13.0. The van der Waals surface area contributed by atoms with Crippen molar-refractivity contribution in [3.05, 3.63) is 59.7 Å². The number of rotatable bonds is 3. The Morgan fingerprint density at radius 1 is 1.00 bits per heavy atom. The molecule has 3 rings (SSSR count). The first-order valence-corrected chi connectivity index (χ1v) is 8.99. The topological polar surface area (TPSA) is 75.4 Å². The van der Waals surface area contributed by atoms with Crippen molar-refractivity contribution in [3.63, 3.8) is 0 Å². The standard InChI is InChI=1S/C21H25N3O2/c1-14-11-15(2)13-24(12-14)21(26)18-5-3-4-6-19(18)23-20(25)16-7-9-17(22)10-8-16/h3-10,14-15H,11-13,22H2,1-2H3,(H,23,25). The first-order chi connectivity index (χ1) is 12.4. The van der Waals surface area contributed by atoms with E-state index >= 15 is 0 Å². The minimum absolute atomic E-state index is 0.0309. The van der Waals surface area contributed by atoms with Gasteiger partial charge in [0.2, 0.25) is 0 Å². The number of nitrogens with one attached hydrogen (secondary N) is 1. The van der Waals surface area contributed by atoms with E-state index in [2.05, 4.69) is 19.2 Å². The summed E-state index contributed by atoms with van der Waals surface area (Å²) < 4.78 is 0. The third-order valence-corrected chi connectivity index (χ3v) is 4.73. The number of carbonyl (C=O) groups excluding carboxylic acids is 2. The first-order valence-electron chi connectivity index (χ1n) is 8.99. The van der Waals surface area contributed by atoms with Gasteiger partial charge in [-0.15, -0.1) is 0 Å². The molecular weight excluding hydrogens is 326 g/mol. The van der Waals surface area contributed by atoms with E-state index in [1.165, 1.54) is 0 Å². The molecule has 1 heterocycles. The highest BCUT2D eigenvalue weighted by molar-refractivity contribution is 6.09. The molecule has 0 aromatic heterocycles. The zero-order chi connectivity index (χ0) is 18.7. The number of likely N-dealkylation sites (tertiary alicyclic amines) is 1. The van der Waals surface area contributed by atoms with Gasteiger partial charge in [-0.1, -0.05) is 26.0 Å². The summed E-state index contributed by atoms with van der Waals surface area (Å²) in [7, 11) is 0. The van der Waals surface area contributed by atoms with E-state index in [1.807, 2.05) is 17.0 Å². The van der Waals surface area contributed by atoms with Gasteiger partial charge in [0.25, 0.3) is 11.8 Å². The highest BCUT2D eigenvalue weighted by atomic mass is 16.2. The molecule has 5 heteroatoms. The Balaban J connectivity index is 1.80. The van der Waals surface area contributed by atoms with Crippen LogP contribution in [0.1, 0.15) is 41.0 Å². The molecule has 0 aliphatic carbocycles. The van der Waals surface area contributed by atoms with Crippen LogP contribution in [-0.2, 0) is 0 Å². The van der Waals surface area contributed by atoms with Gasteiger partial charge in [0.15, 0.2) is 0 Å². The van der Waals surface area contributed by atoms with E-state index in [-0.39, 0.29) is 11.8 Å². The van der Waals surface area contributed by atoms with Gasteiger partial charge in [0.1, 0.15) is 0 Å². The van der Waals surface area contributed by atoms with Gasteiger partial charge in [-0.3, -0.25) is 9.59 Å². The fourth-order valence-corrected chi connectivity index (χ4v) is 3.61. The molecule has 26 heavy (non-hydrogen) atoms. The second-order valence-corrected chi connectivity index (χ2v) is 7.28. The Morgan fingerprint density at radius 2 is 1.62 bits per heavy atom.